The zero-order valence-corrected chi connectivity index (χ0v) is 14.0. The van der Waals surface area contributed by atoms with Crippen LogP contribution in [0.15, 0.2) is 54.2 Å². The highest BCUT2D eigenvalue weighted by molar-refractivity contribution is 7.14. The first-order valence-electron chi connectivity index (χ1n) is 7.47. The first kappa shape index (κ1) is 15.4. The third-order valence-corrected chi connectivity index (χ3v) is 4.68. The Labute approximate surface area is 140 Å². The number of carbonyl (C=O) groups excluding carboxylic acids is 1. The topological polar surface area (TPSA) is 42.0 Å². The van der Waals surface area contributed by atoms with Crippen molar-refractivity contribution < 1.29 is 4.79 Å². The van der Waals surface area contributed by atoms with Crippen LogP contribution >= 0.6 is 11.3 Å². The molecule has 0 fully saturated rings. The number of nitrogens with one attached hydrogen (secondary N) is 1. The van der Waals surface area contributed by atoms with E-state index in [-0.39, 0.29) is 5.91 Å². The van der Waals surface area contributed by atoms with Crippen molar-refractivity contribution in [3.63, 3.8) is 0 Å². The van der Waals surface area contributed by atoms with Crippen molar-refractivity contribution in [3.8, 4) is 10.4 Å². The fourth-order valence-corrected chi connectivity index (χ4v) is 3.34. The van der Waals surface area contributed by atoms with Crippen LogP contribution in [0.2, 0.25) is 0 Å². The molecule has 0 aliphatic heterocycles. The van der Waals surface area contributed by atoms with E-state index in [2.05, 4.69) is 23.3 Å². The summed E-state index contributed by atoms with van der Waals surface area (Å²) in [7, 11) is 0. The van der Waals surface area contributed by atoms with E-state index >= 15 is 0 Å². The van der Waals surface area contributed by atoms with Crippen LogP contribution in [0.1, 0.15) is 16.7 Å². The van der Waals surface area contributed by atoms with Crippen LogP contribution in [-0.2, 0) is 11.2 Å². The van der Waals surface area contributed by atoms with Crippen LogP contribution in [0.3, 0.4) is 0 Å². The van der Waals surface area contributed by atoms with E-state index in [4.69, 9.17) is 0 Å². The number of nitrogens with zero attached hydrogens (tertiary/aromatic N) is 1. The number of carbonyl (C=O) groups is 1. The first-order valence-corrected chi connectivity index (χ1v) is 8.35. The lowest BCUT2D eigenvalue weighted by molar-refractivity contribution is -0.115. The van der Waals surface area contributed by atoms with Gasteiger partial charge in [-0.2, -0.15) is 0 Å². The summed E-state index contributed by atoms with van der Waals surface area (Å²) < 4.78 is 0. The van der Waals surface area contributed by atoms with Gasteiger partial charge in [-0.1, -0.05) is 23.8 Å². The number of amides is 1. The Morgan fingerprint density at radius 1 is 1.13 bits per heavy atom. The molecule has 1 N–H and O–H groups in total. The highest BCUT2D eigenvalue weighted by Crippen LogP contribution is 2.29. The van der Waals surface area contributed by atoms with Crippen LogP contribution in [-0.4, -0.2) is 10.9 Å². The molecule has 0 aliphatic carbocycles. The standard InChI is InChI=1S/C19H18N2OS/c1-13-3-4-16(14(2)9-13)10-19(22)21-17-11-18(23-12-17)15-5-7-20-8-6-15/h3-9,11-12H,10H2,1-2H3,(H,21,22). The van der Waals surface area contributed by atoms with Crippen LogP contribution < -0.4 is 5.32 Å². The maximum absolute atomic E-state index is 12.2. The molecule has 0 saturated heterocycles. The van der Waals surface area contributed by atoms with Gasteiger partial charge in [0.1, 0.15) is 0 Å². The molecule has 3 nitrogen and oxygen atoms in total. The van der Waals surface area contributed by atoms with E-state index in [1.807, 2.05) is 42.6 Å². The predicted octanol–water partition coefficient (Wildman–Crippen LogP) is 4.61. The number of aromatic nitrogens is 1. The molecule has 3 rings (SSSR count). The zero-order chi connectivity index (χ0) is 16.2. The third-order valence-electron chi connectivity index (χ3n) is 3.70. The minimum atomic E-state index is 0.0102. The number of benzene rings is 1. The summed E-state index contributed by atoms with van der Waals surface area (Å²) in [4.78, 5) is 17.4. The van der Waals surface area contributed by atoms with Gasteiger partial charge in [0.05, 0.1) is 12.1 Å². The third kappa shape index (κ3) is 3.85. The van der Waals surface area contributed by atoms with Crippen LogP contribution in [0.25, 0.3) is 10.4 Å². The molecule has 0 spiro atoms. The van der Waals surface area contributed by atoms with E-state index in [0.717, 1.165) is 27.3 Å². The van der Waals surface area contributed by atoms with Gasteiger partial charge in [-0.3, -0.25) is 9.78 Å². The predicted molar refractivity (Wildman–Crippen MR) is 95.8 cm³/mol. The molecular weight excluding hydrogens is 304 g/mol. The molecule has 3 aromatic rings. The van der Waals surface area contributed by atoms with E-state index in [1.165, 1.54) is 5.56 Å². The summed E-state index contributed by atoms with van der Waals surface area (Å²) in [6, 6.07) is 12.1. The molecule has 0 saturated carbocycles. The summed E-state index contributed by atoms with van der Waals surface area (Å²) in [6.45, 7) is 4.10. The number of hydrogen-bond acceptors (Lipinski definition) is 3. The molecule has 0 unspecified atom stereocenters. The Morgan fingerprint density at radius 3 is 2.65 bits per heavy atom. The summed E-state index contributed by atoms with van der Waals surface area (Å²) in [6.07, 6.45) is 3.94. The molecule has 1 aromatic carbocycles. The molecule has 0 radical (unpaired) electrons. The SMILES string of the molecule is Cc1ccc(CC(=O)Nc2csc(-c3ccncc3)c2)c(C)c1. The second-order valence-corrected chi connectivity index (χ2v) is 6.50. The largest absolute Gasteiger partial charge is 0.325 e. The fourth-order valence-electron chi connectivity index (χ4n) is 2.49. The average molecular weight is 322 g/mol. The summed E-state index contributed by atoms with van der Waals surface area (Å²) in [5.41, 5.74) is 5.39. The molecule has 0 bridgehead atoms. The van der Waals surface area contributed by atoms with Crippen molar-refractivity contribution >= 4 is 22.9 Å². The van der Waals surface area contributed by atoms with Gasteiger partial charge in [-0.05, 0) is 48.7 Å². The van der Waals surface area contributed by atoms with Gasteiger partial charge < -0.3 is 5.32 Å². The Kier molecular flexibility index (Phi) is 4.53. The van der Waals surface area contributed by atoms with E-state index in [9.17, 15) is 4.79 Å². The molecular formula is C19H18N2OS. The molecule has 2 aromatic heterocycles. The van der Waals surface area contributed by atoms with Crippen molar-refractivity contribution in [1.82, 2.24) is 4.98 Å². The molecule has 23 heavy (non-hydrogen) atoms. The Hall–Kier alpha value is -2.46. The molecule has 116 valence electrons. The molecule has 0 aliphatic rings. The van der Waals surface area contributed by atoms with Crippen molar-refractivity contribution in [2.24, 2.45) is 0 Å². The van der Waals surface area contributed by atoms with Gasteiger partial charge in [-0.15, -0.1) is 11.3 Å². The van der Waals surface area contributed by atoms with Crippen molar-refractivity contribution in [3.05, 3.63) is 70.9 Å². The van der Waals surface area contributed by atoms with Gasteiger partial charge >= 0.3 is 0 Å². The summed E-state index contributed by atoms with van der Waals surface area (Å²) in [5.74, 6) is 0.0102. The van der Waals surface area contributed by atoms with Gasteiger partial charge in [0.15, 0.2) is 0 Å². The van der Waals surface area contributed by atoms with Crippen molar-refractivity contribution in [1.29, 1.82) is 0 Å². The number of rotatable bonds is 4. The van der Waals surface area contributed by atoms with Crippen molar-refractivity contribution in [2.45, 2.75) is 20.3 Å². The van der Waals surface area contributed by atoms with Gasteiger partial charge in [-0.25, -0.2) is 0 Å². The second kappa shape index (κ2) is 6.75. The Morgan fingerprint density at radius 2 is 1.91 bits per heavy atom. The quantitative estimate of drug-likeness (QED) is 0.762. The Bertz CT molecular complexity index is 824. The Balaban J connectivity index is 1.68. The normalized spacial score (nSPS) is 10.5. The number of anilines is 1. The van der Waals surface area contributed by atoms with Gasteiger partial charge in [0, 0.05) is 22.7 Å². The lowest BCUT2D eigenvalue weighted by Gasteiger charge is -2.07. The molecule has 2 heterocycles. The average Bonchev–Trinajstić information content (AvgIpc) is 2.99. The van der Waals surface area contributed by atoms with Crippen molar-refractivity contribution in [2.75, 3.05) is 5.32 Å². The van der Waals surface area contributed by atoms with Crippen LogP contribution in [0, 0.1) is 13.8 Å². The van der Waals surface area contributed by atoms with Gasteiger partial charge in [0.25, 0.3) is 0 Å². The van der Waals surface area contributed by atoms with E-state index in [1.54, 1.807) is 23.7 Å². The summed E-state index contributed by atoms with van der Waals surface area (Å²) in [5, 5.41) is 4.95. The minimum absolute atomic E-state index is 0.0102. The zero-order valence-electron chi connectivity index (χ0n) is 13.2. The smallest absolute Gasteiger partial charge is 0.228 e. The maximum atomic E-state index is 12.2. The molecule has 4 heteroatoms. The second-order valence-electron chi connectivity index (χ2n) is 5.59. The summed E-state index contributed by atoms with van der Waals surface area (Å²) >= 11 is 1.61. The minimum Gasteiger partial charge on any atom is -0.325 e. The number of aryl methyl sites for hydroxylation is 2. The number of hydrogen-bond donors (Lipinski definition) is 1. The fraction of sp³-hybridized carbons (Fsp3) is 0.158. The van der Waals surface area contributed by atoms with Crippen LogP contribution in [0.5, 0.6) is 0 Å². The van der Waals surface area contributed by atoms with E-state index < -0.39 is 0 Å². The van der Waals surface area contributed by atoms with Crippen LogP contribution in [0.4, 0.5) is 5.69 Å². The maximum Gasteiger partial charge on any atom is 0.228 e. The lowest BCUT2D eigenvalue weighted by atomic mass is 10.0. The molecule has 0 atom stereocenters. The van der Waals surface area contributed by atoms with E-state index in [0.29, 0.717) is 6.42 Å². The highest BCUT2D eigenvalue weighted by atomic mass is 32.1. The number of pyridine rings is 1. The number of thiophene rings is 1. The monoisotopic (exact) mass is 322 g/mol. The molecule has 1 amide bonds. The highest BCUT2D eigenvalue weighted by Gasteiger charge is 2.09. The first-order chi connectivity index (χ1) is 11.1. The van der Waals surface area contributed by atoms with Gasteiger partial charge in [0.2, 0.25) is 5.91 Å². The lowest BCUT2D eigenvalue weighted by Crippen LogP contribution is -2.14.